The predicted molar refractivity (Wildman–Crippen MR) is 76.0 cm³/mol. The molecule has 0 aliphatic carbocycles. The van der Waals surface area contributed by atoms with Crippen LogP contribution in [-0.2, 0) is 10.0 Å². The molecule has 1 atom stereocenters. The summed E-state index contributed by atoms with van der Waals surface area (Å²) in [5, 5.41) is 0. The van der Waals surface area contributed by atoms with Crippen LogP contribution in [0, 0.1) is 0 Å². The average Bonchev–Trinajstić information content (AvgIpc) is 2.39. The molecule has 5 heteroatoms. The molecule has 2 aromatic carbocycles. The van der Waals surface area contributed by atoms with Crippen molar-refractivity contribution in [1.82, 2.24) is 4.72 Å². The molecule has 0 aliphatic heterocycles. The lowest BCUT2D eigenvalue weighted by Crippen LogP contribution is -2.26. The van der Waals surface area contributed by atoms with Crippen molar-refractivity contribution in [2.75, 3.05) is 5.73 Å². The maximum absolute atomic E-state index is 12.2. The zero-order valence-electron chi connectivity index (χ0n) is 10.6. The van der Waals surface area contributed by atoms with E-state index in [-0.39, 0.29) is 10.9 Å². The average molecular weight is 276 g/mol. The minimum absolute atomic E-state index is 0.176. The molecular formula is C14H16N2O2S. The molecule has 0 amide bonds. The van der Waals surface area contributed by atoms with Gasteiger partial charge in [0, 0.05) is 11.7 Å². The van der Waals surface area contributed by atoms with E-state index in [1.165, 1.54) is 12.1 Å². The quantitative estimate of drug-likeness (QED) is 0.842. The fourth-order valence-electron chi connectivity index (χ4n) is 1.79. The summed E-state index contributed by atoms with van der Waals surface area (Å²) in [7, 11) is -3.56. The zero-order chi connectivity index (χ0) is 13.9. The normalized spacial score (nSPS) is 13.1. The highest BCUT2D eigenvalue weighted by molar-refractivity contribution is 7.89. The fraction of sp³-hybridized carbons (Fsp3) is 0.143. The molecule has 0 bridgehead atoms. The van der Waals surface area contributed by atoms with Crippen LogP contribution in [0.15, 0.2) is 59.5 Å². The molecule has 100 valence electrons. The smallest absolute Gasteiger partial charge is 0.241 e. The number of hydrogen-bond acceptors (Lipinski definition) is 3. The Bertz CT molecular complexity index is 654. The number of nitrogens with one attached hydrogen (secondary N) is 1. The van der Waals surface area contributed by atoms with Gasteiger partial charge < -0.3 is 5.73 Å². The van der Waals surface area contributed by atoms with Crippen LogP contribution in [-0.4, -0.2) is 8.42 Å². The van der Waals surface area contributed by atoms with Crippen LogP contribution >= 0.6 is 0 Å². The Morgan fingerprint density at radius 3 is 2.37 bits per heavy atom. The van der Waals surface area contributed by atoms with Gasteiger partial charge in [-0.15, -0.1) is 0 Å². The molecule has 0 fully saturated rings. The van der Waals surface area contributed by atoms with Crippen LogP contribution < -0.4 is 10.5 Å². The molecule has 0 radical (unpaired) electrons. The van der Waals surface area contributed by atoms with E-state index in [0.29, 0.717) is 5.69 Å². The summed E-state index contributed by atoms with van der Waals surface area (Å²) in [6.07, 6.45) is 0. The van der Waals surface area contributed by atoms with E-state index < -0.39 is 10.0 Å². The first kappa shape index (κ1) is 13.6. The fourth-order valence-corrected chi connectivity index (χ4v) is 3.08. The topological polar surface area (TPSA) is 72.2 Å². The van der Waals surface area contributed by atoms with Crippen LogP contribution in [0.1, 0.15) is 18.5 Å². The SMILES string of the molecule is C[C@H](NS(=O)(=O)c1cccc(N)c1)c1ccccc1. The minimum Gasteiger partial charge on any atom is -0.399 e. The lowest BCUT2D eigenvalue weighted by atomic mass is 10.1. The van der Waals surface area contributed by atoms with E-state index in [9.17, 15) is 8.42 Å². The van der Waals surface area contributed by atoms with Crippen molar-refractivity contribution in [3.05, 3.63) is 60.2 Å². The highest BCUT2D eigenvalue weighted by Crippen LogP contribution is 2.18. The van der Waals surface area contributed by atoms with Crippen LogP contribution in [0.4, 0.5) is 5.69 Å². The summed E-state index contributed by atoms with van der Waals surface area (Å²) in [5.41, 5.74) is 6.94. The molecule has 3 N–H and O–H groups in total. The number of nitrogens with two attached hydrogens (primary N) is 1. The van der Waals surface area contributed by atoms with E-state index in [2.05, 4.69) is 4.72 Å². The van der Waals surface area contributed by atoms with E-state index >= 15 is 0 Å². The van der Waals surface area contributed by atoms with E-state index in [1.54, 1.807) is 19.1 Å². The van der Waals surface area contributed by atoms with Crippen molar-refractivity contribution < 1.29 is 8.42 Å². The minimum atomic E-state index is -3.56. The molecule has 0 aliphatic rings. The monoisotopic (exact) mass is 276 g/mol. The molecular weight excluding hydrogens is 260 g/mol. The molecule has 4 nitrogen and oxygen atoms in total. The number of nitrogen functional groups attached to an aromatic ring is 1. The van der Waals surface area contributed by atoms with Gasteiger partial charge in [-0.3, -0.25) is 0 Å². The van der Waals surface area contributed by atoms with Gasteiger partial charge in [-0.25, -0.2) is 13.1 Å². The van der Waals surface area contributed by atoms with Crippen molar-refractivity contribution in [1.29, 1.82) is 0 Å². The van der Waals surface area contributed by atoms with Gasteiger partial charge in [-0.2, -0.15) is 0 Å². The first-order chi connectivity index (χ1) is 8.99. The number of benzene rings is 2. The van der Waals surface area contributed by atoms with Gasteiger partial charge in [0.05, 0.1) is 4.90 Å². The van der Waals surface area contributed by atoms with Gasteiger partial charge in [0.1, 0.15) is 0 Å². The van der Waals surface area contributed by atoms with E-state index in [1.807, 2.05) is 30.3 Å². The highest BCUT2D eigenvalue weighted by atomic mass is 32.2. The van der Waals surface area contributed by atoms with Crippen LogP contribution in [0.3, 0.4) is 0 Å². The Balaban J connectivity index is 2.23. The molecule has 19 heavy (non-hydrogen) atoms. The first-order valence-electron chi connectivity index (χ1n) is 5.92. The van der Waals surface area contributed by atoms with E-state index in [0.717, 1.165) is 5.56 Å². The van der Waals surface area contributed by atoms with Gasteiger partial charge in [0.15, 0.2) is 0 Å². The van der Waals surface area contributed by atoms with Crippen molar-refractivity contribution in [3.8, 4) is 0 Å². The van der Waals surface area contributed by atoms with Gasteiger partial charge in [-0.1, -0.05) is 36.4 Å². The third-order valence-electron chi connectivity index (χ3n) is 2.80. The standard InChI is InChI=1S/C14H16N2O2S/c1-11(12-6-3-2-4-7-12)16-19(17,18)14-9-5-8-13(15)10-14/h2-11,16H,15H2,1H3/t11-/m0/s1. The summed E-state index contributed by atoms with van der Waals surface area (Å²) in [6.45, 7) is 1.80. The number of hydrogen-bond donors (Lipinski definition) is 2. The van der Waals surface area contributed by atoms with Gasteiger partial charge >= 0.3 is 0 Å². The van der Waals surface area contributed by atoms with Crippen LogP contribution in [0.25, 0.3) is 0 Å². The molecule has 2 aromatic rings. The highest BCUT2D eigenvalue weighted by Gasteiger charge is 2.18. The molecule has 0 spiro atoms. The van der Waals surface area contributed by atoms with Crippen molar-refractivity contribution in [3.63, 3.8) is 0 Å². The Morgan fingerprint density at radius 1 is 1.05 bits per heavy atom. The maximum atomic E-state index is 12.2. The van der Waals surface area contributed by atoms with E-state index in [4.69, 9.17) is 5.73 Å². The summed E-state index contributed by atoms with van der Waals surface area (Å²) < 4.78 is 27.0. The lowest BCUT2D eigenvalue weighted by Gasteiger charge is -2.14. The number of anilines is 1. The Kier molecular flexibility index (Phi) is 3.87. The van der Waals surface area contributed by atoms with Crippen molar-refractivity contribution in [2.24, 2.45) is 0 Å². The van der Waals surface area contributed by atoms with Crippen molar-refractivity contribution >= 4 is 15.7 Å². The van der Waals surface area contributed by atoms with Gasteiger partial charge in [-0.05, 0) is 30.7 Å². The maximum Gasteiger partial charge on any atom is 0.241 e. The summed E-state index contributed by atoms with van der Waals surface area (Å²) in [5.74, 6) is 0. The summed E-state index contributed by atoms with van der Waals surface area (Å²) >= 11 is 0. The second-order valence-electron chi connectivity index (χ2n) is 4.33. The second-order valence-corrected chi connectivity index (χ2v) is 6.04. The largest absolute Gasteiger partial charge is 0.399 e. The predicted octanol–water partition coefficient (Wildman–Crippen LogP) is 2.31. The van der Waals surface area contributed by atoms with Crippen molar-refractivity contribution in [2.45, 2.75) is 17.9 Å². The molecule has 0 heterocycles. The summed E-state index contributed by atoms with van der Waals surface area (Å²) in [4.78, 5) is 0.176. The first-order valence-corrected chi connectivity index (χ1v) is 7.40. The van der Waals surface area contributed by atoms with Crippen LogP contribution in [0.2, 0.25) is 0 Å². The molecule has 2 rings (SSSR count). The Hall–Kier alpha value is -1.85. The molecule has 0 unspecified atom stereocenters. The third kappa shape index (κ3) is 3.33. The lowest BCUT2D eigenvalue weighted by molar-refractivity contribution is 0.567. The van der Waals surface area contributed by atoms with Gasteiger partial charge in [0.25, 0.3) is 0 Å². The number of sulfonamides is 1. The second kappa shape index (κ2) is 5.42. The molecule has 0 aromatic heterocycles. The molecule has 0 saturated carbocycles. The number of rotatable bonds is 4. The Labute approximate surface area is 113 Å². The Morgan fingerprint density at radius 2 is 1.74 bits per heavy atom. The third-order valence-corrected chi connectivity index (χ3v) is 4.34. The van der Waals surface area contributed by atoms with Crippen LogP contribution in [0.5, 0.6) is 0 Å². The molecule has 0 saturated heterocycles. The zero-order valence-corrected chi connectivity index (χ0v) is 11.4. The van der Waals surface area contributed by atoms with Gasteiger partial charge in [0.2, 0.25) is 10.0 Å². The summed E-state index contributed by atoms with van der Waals surface area (Å²) in [6, 6.07) is 15.4.